The number of esters is 1. The van der Waals surface area contributed by atoms with E-state index in [0.29, 0.717) is 12.0 Å². The van der Waals surface area contributed by atoms with Crippen molar-refractivity contribution in [1.82, 2.24) is 0 Å². The molecule has 10 nitrogen and oxygen atoms in total. The van der Waals surface area contributed by atoms with E-state index in [2.05, 4.69) is 6.58 Å². The van der Waals surface area contributed by atoms with E-state index in [-0.39, 0.29) is 5.92 Å². The number of hydrogen-bond acceptors (Lipinski definition) is 10. The molecule has 27 heavy (non-hydrogen) atoms. The number of hydrogen-bond donors (Lipinski definition) is 4. The lowest BCUT2D eigenvalue weighted by Crippen LogP contribution is -2.60. The van der Waals surface area contributed by atoms with Gasteiger partial charge in [0.15, 0.2) is 6.29 Å². The summed E-state index contributed by atoms with van der Waals surface area (Å²) in [6.07, 6.45) is -5.65. The van der Waals surface area contributed by atoms with Gasteiger partial charge in [-0.3, -0.25) is 0 Å². The second-order valence-electron chi connectivity index (χ2n) is 6.64. The number of fused-ring (bicyclic) bond motifs is 1. The molecule has 0 radical (unpaired) electrons. The van der Waals surface area contributed by atoms with Crippen LogP contribution in [0.2, 0.25) is 0 Å². The van der Waals surface area contributed by atoms with Crippen LogP contribution in [-0.2, 0) is 28.5 Å². The van der Waals surface area contributed by atoms with Gasteiger partial charge in [0.1, 0.15) is 24.4 Å². The van der Waals surface area contributed by atoms with Gasteiger partial charge < -0.3 is 44.1 Å². The molecule has 4 N–H and O–H groups in total. The van der Waals surface area contributed by atoms with Gasteiger partial charge >= 0.3 is 5.97 Å². The molecule has 9 atom stereocenters. The molecular weight excluding hydrogens is 364 g/mol. The van der Waals surface area contributed by atoms with Gasteiger partial charge in [0.05, 0.1) is 18.4 Å². The molecule has 0 aromatic carbocycles. The minimum absolute atomic E-state index is 0.321. The summed E-state index contributed by atoms with van der Waals surface area (Å²) < 4.78 is 26.7. The Morgan fingerprint density at radius 3 is 2.63 bits per heavy atom. The molecule has 10 heteroatoms. The van der Waals surface area contributed by atoms with Crippen molar-refractivity contribution >= 4 is 5.97 Å². The summed E-state index contributed by atoms with van der Waals surface area (Å²) in [6.45, 7) is 3.18. The maximum Gasteiger partial charge on any atom is 0.339 e. The Morgan fingerprint density at radius 1 is 1.26 bits per heavy atom. The van der Waals surface area contributed by atoms with Gasteiger partial charge in [-0.1, -0.05) is 6.08 Å². The normalized spacial score (nSPS) is 44.6. The van der Waals surface area contributed by atoms with Gasteiger partial charge in [-0.25, -0.2) is 4.79 Å². The average Bonchev–Trinajstić information content (AvgIpc) is 2.67. The molecule has 3 aliphatic heterocycles. The van der Waals surface area contributed by atoms with Crippen LogP contribution in [0.4, 0.5) is 0 Å². The number of aliphatic hydroxyl groups excluding tert-OH is 4. The van der Waals surface area contributed by atoms with Crippen LogP contribution in [-0.4, -0.2) is 83.4 Å². The summed E-state index contributed by atoms with van der Waals surface area (Å²) in [5.41, 5.74) is 0.321. The average molecular weight is 388 g/mol. The van der Waals surface area contributed by atoms with Gasteiger partial charge in [0.2, 0.25) is 12.6 Å². The summed E-state index contributed by atoms with van der Waals surface area (Å²) in [6, 6.07) is 0. The number of ether oxygens (including phenoxy) is 5. The van der Waals surface area contributed by atoms with E-state index in [0.717, 1.165) is 0 Å². The van der Waals surface area contributed by atoms with Gasteiger partial charge in [-0.2, -0.15) is 0 Å². The Labute approximate surface area is 155 Å². The molecule has 3 aliphatic rings. The quantitative estimate of drug-likeness (QED) is 0.320. The Balaban J connectivity index is 1.77. The molecule has 0 bridgehead atoms. The van der Waals surface area contributed by atoms with Crippen molar-refractivity contribution in [2.45, 2.75) is 49.7 Å². The van der Waals surface area contributed by atoms with E-state index >= 15 is 0 Å². The zero-order valence-corrected chi connectivity index (χ0v) is 14.7. The first-order valence-corrected chi connectivity index (χ1v) is 8.59. The van der Waals surface area contributed by atoms with Gasteiger partial charge in [-0.05, 0) is 0 Å². The molecule has 0 saturated carbocycles. The van der Waals surface area contributed by atoms with E-state index < -0.39 is 61.8 Å². The lowest BCUT2D eigenvalue weighted by molar-refractivity contribution is -0.340. The molecule has 0 amide bonds. The molecular formula is C17H24O10. The van der Waals surface area contributed by atoms with E-state index in [1.54, 1.807) is 6.08 Å². The largest absolute Gasteiger partial charge is 0.471 e. The molecule has 0 aromatic heterocycles. The van der Waals surface area contributed by atoms with Crippen LogP contribution in [0.15, 0.2) is 24.5 Å². The third kappa shape index (κ3) is 3.74. The molecule has 0 aliphatic carbocycles. The minimum Gasteiger partial charge on any atom is -0.471 e. The van der Waals surface area contributed by atoms with Gasteiger partial charge in [-0.15, -0.1) is 6.58 Å². The third-order valence-corrected chi connectivity index (χ3v) is 5.08. The standard InChI is InChI=1S/C17H24O10/c1-3-7-8-4-11(23-2)26-15(22)9(8)6-24-16(7)27-17-14(21)13(20)12(19)10(5-18)25-17/h3,6-8,10-14,16-21H,1,4-5H2,2H3/t7-,8+,10-,11+,12-,13+,14-,16+,17-/m1/s1. The fourth-order valence-electron chi connectivity index (χ4n) is 3.50. The number of cyclic esters (lactones) is 1. The Hall–Kier alpha value is -1.53. The van der Waals surface area contributed by atoms with Crippen molar-refractivity contribution < 1.29 is 48.9 Å². The molecule has 2 saturated heterocycles. The lowest BCUT2D eigenvalue weighted by Gasteiger charge is -2.44. The Morgan fingerprint density at radius 2 is 2.00 bits per heavy atom. The number of methoxy groups -OCH3 is 1. The summed E-state index contributed by atoms with van der Waals surface area (Å²) in [5, 5.41) is 39.1. The Kier molecular flexibility index (Phi) is 6.16. The second-order valence-corrected chi connectivity index (χ2v) is 6.64. The predicted molar refractivity (Wildman–Crippen MR) is 86.5 cm³/mol. The lowest BCUT2D eigenvalue weighted by atomic mass is 9.80. The molecule has 0 unspecified atom stereocenters. The first-order chi connectivity index (χ1) is 12.9. The monoisotopic (exact) mass is 388 g/mol. The molecule has 152 valence electrons. The molecule has 0 spiro atoms. The summed E-state index contributed by atoms with van der Waals surface area (Å²) >= 11 is 0. The zero-order chi connectivity index (χ0) is 19.7. The van der Waals surface area contributed by atoms with Crippen molar-refractivity contribution in [1.29, 1.82) is 0 Å². The van der Waals surface area contributed by atoms with Crippen LogP contribution >= 0.6 is 0 Å². The van der Waals surface area contributed by atoms with E-state index in [9.17, 15) is 25.2 Å². The van der Waals surface area contributed by atoms with Gasteiger partial charge in [0, 0.05) is 25.4 Å². The van der Waals surface area contributed by atoms with Crippen molar-refractivity contribution in [2.24, 2.45) is 11.8 Å². The summed E-state index contributed by atoms with van der Waals surface area (Å²) in [4.78, 5) is 12.1. The molecule has 2 fully saturated rings. The summed E-state index contributed by atoms with van der Waals surface area (Å²) in [5.74, 6) is -1.41. The van der Waals surface area contributed by atoms with Crippen LogP contribution in [0.25, 0.3) is 0 Å². The first-order valence-electron chi connectivity index (χ1n) is 8.59. The topological polar surface area (TPSA) is 144 Å². The number of aliphatic hydroxyl groups is 4. The van der Waals surface area contributed by atoms with Crippen LogP contribution in [0.5, 0.6) is 0 Å². The minimum atomic E-state index is -1.57. The first kappa shape index (κ1) is 20.2. The molecule has 0 aromatic rings. The number of carbonyl (C=O) groups is 1. The van der Waals surface area contributed by atoms with Crippen LogP contribution < -0.4 is 0 Å². The Bertz CT molecular complexity index is 590. The van der Waals surface area contributed by atoms with E-state index in [1.165, 1.54) is 13.4 Å². The maximum absolute atomic E-state index is 12.1. The number of rotatable bonds is 5. The highest BCUT2D eigenvalue weighted by Crippen LogP contribution is 2.40. The van der Waals surface area contributed by atoms with Gasteiger partial charge in [0.25, 0.3) is 0 Å². The van der Waals surface area contributed by atoms with Crippen molar-refractivity contribution in [3.05, 3.63) is 24.5 Å². The van der Waals surface area contributed by atoms with Crippen LogP contribution in [0, 0.1) is 11.8 Å². The molecule has 3 rings (SSSR count). The smallest absolute Gasteiger partial charge is 0.339 e. The van der Waals surface area contributed by atoms with Crippen molar-refractivity contribution in [2.75, 3.05) is 13.7 Å². The fraction of sp³-hybridized carbons (Fsp3) is 0.706. The van der Waals surface area contributed by atoms with Crippen molar-refractivity contribution in [3.63, 3.8) is 0 Å². The second kappa shape index (κ2) is 8.23. The number of carbonyl (C=O) groups excluding carboxylic acids is 1. The third-order valence-electron chi connectivity index (χ3n) is 5.08. The highest BCUT2D eigenvalue weighted by atomic mass is 16.8. The highest BCUT2D eigenvalue weighted by molar-refractivity contribution is 5.89. The fourth-order valence-corrected chi connectivity index (χ4v) is 3.50. The predicted octanol–water partition coefficient (Wildman–Crippen LogP) is -1.62. The summed E-state index contributed by atoms with van der Waals surface area (Å²) in [7, 11) is 1.43. The van der Waals surface area contributed by atoms with Crippen LogP contribution in [0.1, 0.15) is 6.42 Å². The van der Waals surface area contributed by atoms with E-state index in [4.69, 9.17) is 23.7 Å². The highest BCUT2D eigenvalue weighted by Gasteiger charge is 2.49. The van der Waals surface area contributed by atoms with Crippen molar-refractivity contribution in [3.8, 4) is 0 Å². The zero-order valence-electron chi connectivity index (χ0n) is 14.7. The SMILES string of the molecule is C=C[C@H]1[C@H](O[C@H]2O[C@H](CO)[C@@H](O)[C@H](O)[C@H]2O)OC=C2C(=O)O[C@H](OC)C[C@H]21. The van der Waals surface area contributed by atoms with E-state index in [1.807, 2.05) is 0 Å². The maximum atomic E-state index is 12.1. The molecule has 3 heterocycles. The van der Waals surface area contributed by atoms with Crippen LogP contribution in [0.3, 0.4) is 0 Å².